The van der Waals surface area contributed by atoms with Gasteiger partial charge in [-0.05, 0) is 6.07 Å². The average Bonchev–Trinajstić information content (AvgIpc) is 2.63. The molecule has 3 nitrogen and oxygen atoms in total. The molecule has 16 heavy (non-hydrogen) atoms. The molecular formula is C8H5ClF3N3S. The standard InChI is InChI=1S/C8H5ClF3N3S/c9-3-1-4(15-13)5(8(10,11)12)7-6(3)14-2-16-7/h1-2,15H,13H2. The van der Waals surface area contributed by atoms with Gasteiger partial charge in [-0.15, -0.1) is 11.3 Å². The van der Waals surface area contributed by atoms with Gasteiger partial charge in [0.05, 0.1) is 26.5 Å². The van der Waals surface area contributed by atoms with Gasteiger partial charge in [-0.3, -0.25) is 5.84 Å². The van der Waals surface area contributed by atoms with Gasteiger partial charge in [0.25, 0.3) is 0 Å². The Balaban J connectivity index is 2.87. The summed E-state index contributed by atoms with van der Waals surface area (Å²) in [6.07, 6.45) is -4.50. The number of hydrogen-bond acceptors (Lipinski definition) is 4. The molecule has 1 aromatic carbocycles. The first-order valence-electron chi connectivity index (χ1n) is 4.04. The van der Waals surface area contributed by atoms with Crippen LogP contribution in [0.5, 0.6) is 0 Å². The minimum Gasteiger partial charge on any atom is -0.323 e. The van der Waals surface area contributed by atoms with E-state index in [2.05, 4.69) is 4.98 Å². The molecule has 0 saturated carbocycles. The Bertz CT molecular complexity index is 537. The highest BCUT2D eigenvalue weighted by atomic mass is 35.5. The number of rotatable bonds is 1. The monoisotopic (exact) mass is 267 g/mol. The summed E-state index contributed by atoms with van der Waals surface area (Å²) in [5, 5.41) is 0.136. The van der Waals surface area contributed by atoms with Crippen LogP contribution in [0.2, 0.25) is 5.02 Å². The molecule has 0 bridgehead atoms. The smallest absolute Gasteiger partial charge is 0.323 e. The minimum atomic E-state index is -4.50. The molecule has 0 aliphatic heterocycles. The fourth-order valence-corrected chi connectivity index (χ4v) is 2.57. The first-order chi connectivity index (χ1) is 7.45. The number of nitrogens with zero attached hydrogens (tertiary/aromatic N) is 1. The molecule has 0 unspecified atom stereocenters. The number of hydrazine groups is 1. The van der Waals surface area contributed by atoms with Gasteiger partial charge in [0.1, 0.15) is 5.52 Å². The second-order valence-electron chi connectivity index (χ2n) is 2.95. The normalized spacial score (nSPS) is 12.1. The summed E-state index contributed by atoms with van der Waals surface area (Å²) in [4.78, 5) is 3.79. The molecule has 0 radical (unpaired) electrons. The summed E-state index contributed by atoms with van der Waals surface area (Å²) in [7, 11) is 0. The van der Waals surface area contributed by atoms with Gasteiger partial charge in [0, 0.05) is 0 Å². The lowest BCUT2D eigenvalue weighted by Crippen LogP contribution is -2.15. The maximum absolute atomic E-state index is 12.8. The number of nitrogens with one attached hydrogen (secondary N) is 1. The number of halogens is 4. The van der Waals surface area contributed by atoms with E-state index in [4.69, 9.17) is 17.4 Å². The first kappa shape index (κ1) is 11.4. The average molecular weight is 268 g/mol. The van der Waals surface area contributed by atoms with Gasteiger partial charge >= 0.3 is 6.18 Å². The zero-order valence-corrected chi connectivity index (χ0v) is 9.17. The maximum atomic E-state index is 12.8. The third kappa shape index (κ3) is 1.70. The molecular weight excluding hydrogens is 263 g/mol. The maximum Gasteiger partial charge on any atom is 0.419 e. The number of fused-ring (bicyclic) bond motifs is 1. The SMILES string of the molecule is NNc1cc(Cl)c2ncsc2c1C(F)(F)F. The summed E-state index contributed by atoms with van der Waals surface area (Å²) in [6.45, 7) is 0. The highest BCUT2D eigenvalue weighted by molar-refractivity contribution is 7.17. The number of nitrogen functional groups attached to an aromatic ring is 1. The summed E-state index contributed by atoms with van der Waals surface area (Å²) in [6, 6.07) is 1.12. The fourth-order valence-electron chi connectivity index (χ4n) is 1.38. The van der Waals surface area contributed by atoms with E-state index in [1.165, 1.54) is 5.51 Å². The van der Waals surface area contributed by atoms with Crippen LogP contribution >= 0.6 is 22.9 Å². The van der Waals surface area contributed by atoms with Gasteiger partial charge in [-0.25, -0.2) is 4.98 Å². The van der Waals surface area contributed by atoms with E-state index in [1.54, 1.807) is 0 Å². The zero-order valence-electron chi connectivity index (χ0n) is 7.60. The van der Waals surface area contributed by atoms with Crippen molar-refractivity contribution < 1.29 is 13.2 Å². The van der Waals surface area contributed by atoms with Crippen molar-refractivity contribution in [3.8, 4) is 0 Å². The van der Waals surface area contributed by atoms with Crippen molar-refractivity contribution >= 4 is 38.8 Å². The molecule has 0 atom stereocenters. The zero-order chi connectivity index (χ0) is 11.9. The first-order valence-corrected chi connectivity index (χ1v) is 5.30. The lowest BCUT2D eigenvalue weighted by atomic mass is 10.1. The van der Waals surface area contributed by atoms with Crippen molar-refractivity contribution in [1.29, 1.82) is 0 Å². The third-order valence-electron chi connectivity index (χ3n) is 2.00. The van der Waals surface area contributed by atoms with E-state index in [0.717, 1.165) is 17.4 Å². The van der Waals surface area contributed by atoms with Crippen molar-refractivity contribution in [2.24, 2.45) is 5.84 Å². The number of hydrogen-bond donors (Lipinski definition) is 2. The van der Waals surface area contributed by atoms with Gasteiger partial charge in [0.15, 0.2) is 0 Å². The molecule has 1 heterocycles. The van der Waals surface area contributed by atoms with E-state index >= 15 is 0 Å². The van der Waals surface area contributed by atoms with Crippen molar-refractivity contribution in [2.45, 2.75) is 6.18 Å². The van der Waals surface area contributed by atoms with Crippen LogP contribution in [-0.4, -0.2) is 4.98 Å². The van der Waals surface area contributed by atoms with Gasteiger partial charge in [-0.1, -0.05) is 11.6 Å². The number of thiazole rings is 1. The van der Waals surface area contributed by atoms with Crippen molar-refractivity contribution in [2.75, 3.05) is 5.43 Å². The van der Waals surface area contributed by atoms with E-state index in [0.29, 0.717) is 0 Å². The van der Waals surface area contributed by atoms with Crippen LogP contribution in [0, 0.1) is 0 Å². The topological polar surface area (TPSA) is 50.9 Å². The molecule has 0 aliphatic carbocycles. The number of nitrogens with two attached hydrogens (primary N) is 1. The second kappa shape index (κ2) is 3.76. The Labute approximate surface area is 97.0 Å². The summed E-state index contributed by atoms with van der Waals surface area (Å²) >= 11 is 6.66. The van der Waals surface area contributed by atoms with Crippen molar-refractivity contribution in [3.63, 3.8) is 0 Å². The Morgan fingerprint density at radius 3 is 2.69 bits per heavy atom. The van der Waals surface area contributed by atoms with Crippen LogP contribution in [0.1, 0.15) is 5.56 Å². The fraction of sp³-hybridized carbons (Fsp3) is 0.125. The Morgan fingerprint density at radius 1 is 1.44 bits per heavy atom. The molecule has 0 fully saturated rings. The van der Waals surface area contributed by atoms with Gasteiger partial charge in [-0.2, -0.15) is 13.2 Å². The predicted molar refractivity (Wildman–Crippen MR) is 57.4 cm³/mol. The highest BCUT2D eigenvalue weighted by Gasteiger charge is 2.37. The van der Waals surface area contributed by atoms with Crippen LogP contribution in [-0.2, 0) is 6.18 Å². The van der Waals surface area contributed by atoms with Crippen molar-refractivity contribution in [1.82, 2.24) is 4.98 Å². The molecule has 86 valence electrons. The molecule has 0 spiro atoms. The minimum absolute atomic E-state index is 0.0204. The van der Waals surface area contributed by atoms with Crippen molar-refractivity contribution in [3.05, 3.63) is 22.2 Å². The molecule has 3 N–H and O–H groups in total. The lowest BCUT2D eigenvalue weighted by molar-refractivity contribution is -0.135. The third-order valence-corrected chi connectivity index (χ3v) is 3.13. The molecule has 0 saturated heterocycles. The second-order valence-corrected chi connectivity index (χ2v) is 4.22. The molecule has 8 heteroatoms. The van der Waals surface area contributed by atoms with Crippen LogP contribution < -0.4 is 11.3 Å². The summed E-state index contributed by atoms with van der Waals surface area (Å²) in [5.41, 5.74) is 2.36. The van der Waals surface area contributed by atoms with Crippen LogP contribution in [0.15, 0.2) is 11.6 Å². The largest absolute Gasteiger partial charge is 0.419 e. The molecule has 0 amide bonds. The lowest BCUT2D eigenvalue weighted by Gasteiger charge is -2.13. The molecule has 2 rings (SSSR count). The number of alkyl halides is 3. The number of benzene rings is 1. The highest BCUT2D eigenvalue weighted by Crippen LogP contribution is 2.43. The van der Waals surface area contributed by atoms with Gasteiger partial charge in [0.2, 0.25) is 0 Å². The van der Waals surface area contributed by atoms with Crippen LogP contribution in [0.3, 0.4) is 0 Å². The van der Waals surface area contributed by atoms with Crippen LogP contribution in [0.25, 0.3) is 10.2 Å². The Hall–Kier alpha value is -1.05. The van der Waals surface area contributed by atoms with Gasteiger partial charge < -0.3 is 5.43 Å². The number of anilines is 1. The Kier molecular flexibility index (Phi) is 2.69. The summed E-state index contributed by atoms with van der Waals surface area (Å²) in [5.74, 6) is 5.05. The molecule has 1 aromatic heterocycles. The van der Waals surface area contributed by atoms with E-state index in [9.17, 15) is 13.2 Å². The summed E-state index contributed by atoms with van der Waals surface area (Å²) < 4.78 is 38.4. The number of aromatic nitrogens is 1. The Morgan fingerprint density at radius 2 is 2.12 bits per heavy atom. The molecule has 0 aliphatic rings. The van der Waals surface area contributed by atoms with E-state index in [-0.39, 0.29) is 20.9 Å². The van der Waals surface area contributed by atoms with Crippen LogP contribution in [0.4, 0.5) is 18.9 Å². The predicted octanol–water partition coefficient (Wildman–Crippen LogP) is 3.25. The van der Waals surface area contributed by atoms with E-state index in [1.807, 2.05) is 5.43 Å². The quantitative estimate of drug-likeness (QED) is 0.616. The molecule has 2 aromatic rings. The van der Waals surface area contributed by atoms with E-state index < -0.39 is 11.7 Å².